The SMILES string of the molecule is CN(C)c1ccc(/C=N\NC(=O)CCc2cc(C(C)(C)C)c(O)c(C(C)(C)C)c2)cc1. The van der Waals surface area contributed by atoms with Gasteiger partial charge in [-0.15, -0.1) is 0 Å². The molecule has 0 bridgehead atoms. The fourth-order valence-electron chi connectivity index (χ4n) is 3.33. The summed E-state index contributed by atoms with van der Waals surface area (Å²) in [5, 5.41) is 14.9. The van der Waals surface area contributed by atoms with Crippen LogP contribution in [0.2, 0.25) is 0 Å². The third kappa shape index (κ3) is 6.84. The zero-order valence-electron chi connectivity index (χ0n) is 20.2. The van der Waals surface area contributed by atoms with Crippen LogP contribution in [0.1, 0.15) is 70.2 Å². The second kappa shape index (κ2) is 9.54. The molecule has 0 aliphatic carbocycles. The van der Waals surface area contributed by atoms with Gasteiger partial charge in [-0.25, -0.2) is 5.43 Å². The van der Waals surface area contributed by atoms with Crippen molar-refractivity contribution in [1.29, 1.82) is 0 Å². The first kappa shape index (κ1) is 24.4. The Morgan fingerprint density at radius 3 is 1.97 bits per heavy atom. The number of hydrogen-bond donors (Lipinski definition) is 2. The fourth-order valence-corrected chi connectivity index (χ4v) is 3.33. The van der Waals surface area contributed by atoms with E-state index in [-0.39, 0.29) is 16.7 Å². The first-order chi connectivity index (χ1) is 14.3. The maximum atomic E-state index is 12.3. The van der Waals surface area contributed by atoms with Gasteiger partial charge in [0.1, 0.15) is 5.75 Å². The Morgan fingerprint density at radius 2 is 1.52 bits per heavy atom. The second-order valence-electron chi connectivity index (χ2n) is 10.3. The molecule has 31 heavy (non-hydrogen) atoms. The predicted octanol–water partition coefficient (Wildman–Crippen LogP) is 5.14. The quantitative estimate of drug-likeness (QED) is 0.500. The van der Waals surface area contributed by atoms with Gasteiger partial charge in [-0.2, -0.15) is 5.10 Å². The van der Waals surface area contributed by atoms with E-state index in [1.165, 1.54) is 0 Å². The summed E-state index contributed by atoms with van der Waals surface area (Å²) in [6, 6.07) is 12.0. The van der Waals surface area contributed by atoms with Gasteiger partial charge >= 0.3 is 0 Å². The lowest BCUT2D eigenvalue weighted by molar-refractivity contribution is -0.121. The molecule has 1 amide bonds. The van der Waals surface area contributed by atoms with Gasteiger partial charge in [0.25, 0.3) is 0 Å². The number of nitrogens with one attached hydrogen (secondary N) is 1. The molecule has 168 valence electrons. The number of anilines is 1. The highest BCUT2D eigenvalue weighted by atomic mass is 16.3. The maximum absolute atomic E-state index is 12.3. The summed E-state index contributed by atoms with van der Waals surface area (Å²) in [7, 11) is 3.98. The van der Waals surface area contributed by atoms with Crippen molar-refractivity contribution in [2.75, 3.05) is 19.0 Å². The molecule has 2 rings (SSSR count). The zero-order chi connectivity index (χ0) is 23.4. The molecule has 0 spiro atoms. The van der Waals surface area contributed by atoms with Gasteiger partial charge in [0, 0.05) is 26.2 Å². The molecular formula is C26H37N3O2. The van der Waals surface area contributed by atoms with Crippen LogP contribution in [0.25, 0.3) is 0 Å². The molecular weight excluding hydrogens is 386 g/mol. The minimum atomic E-state index is -0.186. The Kier molecular flexibility index (Phi) is 7.53. The minimum absolute atomic E-state index is 0.135. The molecule has 0 aliphatic heterocycles. The molecule has 2 N–H and O–H groups in total. The predicted molar refractivity (Wildman–Crippen MR) is 130 cm³/mol. The Bertz CT molecular complexity index is 896. The molecule has 2 aromatic rings. The number of carbonyl (C=O) groups is 1. The van der Waals surface area contributed by atoms with Crippen LogP contribution in [0.3, 0.4) is 0 Å². The Hall–Kier alpha value is -2.82. The van der Waals surface area contributed by atoms with E-state index in [4.69, 9.17) is 0 Å². The van der Waals surface area contributed by atoms with E-state index < -0.39 is 0 Å². The lowest BCUT2D eigenvalue weighted by Crippen LogP contribution is -2.20. The molecule has 0 saturated heterocycles. The van der Waals surface area contributed by atoms with Crippen LogP contribution in [-0.2, 0) is 22.0 Å². The zero-order valence-corrected chi connectivity index (χ0v) is 20.2. The number of carbonyl (C=O) groups excluding carboxylic acids is 1. The number of benzene rings is 2. The molecule has 0 heterocycles. The summed E-state index contributed by atoms with van der Waals surface area (Å²) in [5.74, 6) is 0.224. The van der Waals surface area contributed by atoms with Crippen molar-refractivity contribution in [2.45, 2.75) is 65.2 Å². The van der Waals surface area contributed by atoms with Crippen LogP contribution in [0.5, 0.6) is 5.75 Å². The largest absolute Gasteiger partial charge is 0.507 e. The topological polar surface area (TPSA) is 64.9 Å². The van der Waals surface area contributed by atoms with Gasteiger partial charge in [0.2, 0.25) is 5.91 Å². The highest BCUT2D eigenvalue weighted by Crippen LogP contribution is 2.39. The van der Waals surface area contributed by atoms with E-state index >= 15 is 0 Å². The van der Waals surface area contributed by atoms with Crippen molar-refractivity contribution in [3.63, 3.8) is 0 Å². The number of aromatic hydroxyl groups is 1. The van der Waals surface area contributed by atoms with E-state index in [0.29, 0.717) is 18.6 Å². The average Bonchev–Trinajstić information content (AvgIpc) is 2.65. The number of phenolic OH excluding ortho intramolecular Hbond substituents is 1. The average molecular weight is 424 g/mol. The van der Waals surface area contributed by atoms with Crippen LogP contribution >= 0.6 is 0 Å². The van der Waals surface area contributed by atoms with Crippen molar-refractivity contribution in [3.05, 3.63) is 58.7 Å². The number of aryl methyl sites for hydroxylation is 1. The molecule has 2 aromatic carbocycles. The lowest BCUT2D eigenvalue weighted by atomic mass is 9.78. The van der Waals surface area contributed by atoms with Crippen LogP contribution in [-0.4, -0.2) is 31.3 Å². The van der Waals surface area contributed by atoms with Crippen molar-refractivity contribution in [1.82, 2.24) is 5.43 Å². The normalized spacial score (nSPS) is 12.3. The van der Waals surface area contributed by atoms with Crippen LogP contribution in [0.4, 0.5) is 5.69 Å². The Balaban J connectivity index is 2.05. The van der Waals surface area contributed by atoms with E-state index in [9.17, 15) is 9.90 Å². The molecule has 0 aromatic heterocycles. The van der Waals surface area contributed by atoms with Crippen molar-refractivity contribution in [3.8, 4) is 5.75 Å². The summed E-state index contributed by atoms with van der Waals surface area (Å²) in [6.07, 6.45) is 2.56. The van der Waals surface area contributed by atoms with Crippen LogP contribution in [0, 0.1) is 0 Å². The first-order valence-electron chi connectivity index (χ1n) is 10.7. The molecule has 0 radical (unpaired) electrons. The third-order valence-electron chi connectivity index (χ3n) is 5.24. The standard InChI is InChI=1S/C26H37N3O2/c1-25(2,3)21-15-19(16-22(24(21)31)26(4,5)6)11-14-23(30)28-27-17-18-9-12-20(13-10-18)29(7)8/h9-10,12-13,15-17,31H,11,14H2,1-8H3,(H,28,30)/b27-17-. The highest BCUT2D eigenvalue weighted by molar-refractivity contribution is 5.83. The summed E-state index contributed by atoms with van der Waals surface area (Å²) >= 11 is 0. The smallest absolute Gasteiger partial charge is 0.240 e. The van der Waals surface area contributed by atoms with Crippen molar-refractivity contribution < 1.29 is 9.90 Å². The van der Waals surface area contributed by atoms with Crippen molar-refractivity contribution >= 4 is 17.8 Å². The lowest BCUT2D eigenvalue weighted by Gasteiger charge is -2.28. The number of hydrogen-bond acceptors (Lipinski definition) is 4. The number of nitrogens with zero attached hydrogens (tertiary/aromatic N) is 2. The van der Waals surface area contributed by atoms with E-state index in [1.54, 1.807) is 6.21 Å². The summed E-state index contributed by atoms with van der Waals surface area (Å²) in [4.78, 5) is 14.3. The van der Waals surface area contributed by atoms with Gasteiger partial charge < -0.3 is 10.0 Å². The van der Waals surface area contributed by atoms with Crippen LogP contribution < -0.4 is 10.3 Å². The van der Waals surface area contributed by atoms with Gasteiger partial charge in [-0.3, -0.25) is 4.79 Å². The number of rotatable bonds is 6. The first-order valence-corrected chi connectivity index (χ1v) is 10.7. The molecule has 0 fully saturated rings. The Morgan fingerprint density at radius 1 is 1.00 bits per heavy atom. The van der Waals surface area contributed by atoms with Crippen LogP contribution in [0.15, 0.2) is 41.5 Å². The summed E-state index contributed by atoms with van der Waals surface area (Å²) in [5.41, 5.74) is 7.15. The molecule has 0 aliphatic rings. The van der Waals surface area contributed by atoms with Gasteiger partial charge in [-0.05, 0) is 51.6 Å². The summed E-state index contributed by atoms with van der Waals surface area (Å²) in [6.45, 7) is 12.5. The molecule has 0 atom stereocenters. The number of hydrazone groups is 1. The van der Waals surface area contributed by atoms with E-state index in [0.717, 1.165) is 27.9 Å². The maximum Gasteiger partial charge on any atom is 0.240 e. The van der Waals surface area contributed by atoms with E-state index in [2.05, 4.69) is 52.1 Å². The van der Waals surface area contributed by atoms with Crippen molar-refractivity contribution in [2.24, 2.45) is 5.10 Å². The highest BCUT2D eigenvalue weighted by Gasteiger charge is 2.26. The van der Waals surface area contributed by atoms with Gasteiger partial charge in [0.05, 0.1) is 6.21 Å². The summed E-state index contributed by atoms with van der Waals surface area (Å²) < 4.78 is 0. The van der Waals surface area contributed by atoms with Gasteiger partial charge in [0.15, 0.2) is 0 Å². The van der Waals surface area contributed by atoms with E-state index in [1.807, 2.05) is 55.4 Å². The fraction of sp³-hybridized carbons (Fsp3) is 0.462. The van der Waals surface area contributed by atoms with Gasteiger partial charge in [-0.1, -0.05) is 65.8 Å². The molecule has 5 nitrogen and oxygen atoms in total. The molecule has 0 unspecified atom stereocenters. The third-order valence-corrected chi connectivity index (χ3v) is 5.24. The number of amides is 1. The molecule has 0 saturated carbocycles. The Labute approximate surface area is 187 Å². The monoisotopic (exact) mass is 423 g/mol. The minimum Gasteiger partial charge on any atom is -0.507 e. The molecule has 5 heteroatoms. The second-order valence-corrected chi connectivity index (χ2v) is 10.3. The number of phenols is 1.